The Morgan fingerprint density at radius 2 is 2.00 bits per heavy atom. The van der Waals surface area contributed by atoms with Crippen LogP contribution in [0.3, 0.4) is 0 Å². The van der Waals surface area contributed by atoms with Crippen LogP contribution in [0.25, 0.3) is 5.57 Å². The largest absolute Gasteiger partial charge is 0.368 e. The summed E-state index contributed by atoms with van der Waals surface area (Å²) in [6.45, 7) is 8.82. The molecule has 0 unspecified atom stereocenters. The number of halogens is 2. The number of carbonyl (C=O) groups excluding carboxylic acids is 1. The number of anilines is 1. The third kappa shape index (κ3) is 4.60. The van der Waals surface area contributed by atoms with E-state index in [9.17, 15) is 9.18 Å². The molecule has 4 heteroatoms. The monoisotopic (exact) mass is 361 g/mol. The molecule has 0 fully saturated rings. The quantitative estimate of drug-likeness (QED) is 0.369. The molecule has 0 aliphatic carbocycles. The first-order valence-electron chi connectivity index (χ1n) is 8.61. The molecule has 0 aromatic heterocycles. The van der Waals surface area contributed by atoms with Crippen molar-refractivity contribution in [1.29, 1.82) is 0 Å². The van der Waals surface area contributed by atoms with Crippen LogP contribution in [0.1, 0.15) is 45.2 Å². The summed E-state index contributed by atoms with van der Waals surface area (Å²) in [6, 6.07) is 4.27. The molecule has 0 spiro atoms. The van der Waals surface area contributed by atoms with Crippen molar-refractivity contribution >= 4 is 29.1 Å². The van der Waals surface area contributed by atoms with Gasteiger partial charge in [-0.15, -0.1) is 0 Å². The van der Waals surface area contributed by atoms with Gasteiger partial charge < -0.3 is 4.90 Å². The zero-order valence-corrected chi connectivity index (χ0v) is 16.0. The lowest BCUT2D eigenvalue weighted by molar-refractivity contribution is -0.104. The van der Waals surface area contributed by atoms with Gasteiger partial charge in [0.1, 0.15) is 12.1 Å². The van der Waals surface area contributed by atoms with E-state index in [1.54, 1.807) is 19.9 Å². The van der Waals surface area contributed by atoms with Crippen LogP contribution in [0.4, 0.5) is 10.1 Å². The first-order chi connectivity index (χ1) is 11.8. The molecule has 0 saturated carbocycles. The highest BCUT2D eigenvalue weighted by Gasteiger charge is 2.23. The van der Waals surface area contributed by atoms with Gasteiger partial charge in [0.15, 0.2) is 0 Å². The van der Waals surface area contributed by atoms with Crippen molar-refractivity contribution in [1.82, 2.24) is 0 Å². The third-order valence-corrected chi connectivity index (χ3v) is 4.80. The van der Waals surface area contributed by atoms with Crippen LogP contribution in [-0.4, -0.2) is 18.9 Å². The standard InChI is InChI=1S/C21H25ClFNO/c1-14(2)24-10-5-6-17-12-18(13-19(22)21(17)24)16(4)20(23)8-7-15(3)9-11-25/h7-9,11-14H,5-6,10H2,1-4H3/b8-7+,15-9+,20-16+. The average molecular weight is 362 g/mol. The maximum Gasteiger partial charge on any atom is 0.143 e. The summed E-state index contributed by atoms with van der Waals surface area (Å²) in [5.41, 5.74) is 4.31. The van der Waals surface area contributed by atoms with E-state index in [0.29, 0.717) is 28.5 Å². The molecule has 1 aliphatic rings. The van der Waals surface area contributed by atoms with Gasteiger partial charge in [0.2, 0.25) is 0 Å². The van der Waals surface area contributed by atoms with Crippen LogP contribution in [0.15, 0.2) is 41.8 Å². The second-order valence-electron chi connectivity index (χ2n) is 6.71. The first kappa shape index (κ1) is 19.5. The zero-order valence-electron chi connectivity index (χ0n) is 15.3. The van der Waals surface area contributed by atoms with Crippen molar-refractivity contribution in [2.45, 2.75) is 46.6 Å². The molecule has 1 heterocycles. The highest BCUT2D eigenvalue weighted by atomic mass is 35.5. The average Bonchev–Trinajstić information content (AvgIpc) is 2.58. The van der Waals surface area contributed by atoms with Crippen molar-refractivity contribution in [2.75, 3.05) is 11.4 Å². The summed E-state index contributed by atoms with van der Waals surface area (Å²) in [4.78, 5) is 12.7. The number of benzene rings is 1. The van der Waals surface area contributed by atoms with Crippen LogP contribution >= 0.6 is 11.6 Å². The fraction of sp³-hybridized carbons (Fsp3) is 0.381. The number of carbonyl (C=O) groups is 1. The van der Waals surface area contributed by atoms with E-state index < -0.39 is 0 Å². The van der Waals surface area contributed by atoms with Gasteiger partial charge >= 0.3 is 0 Å². The van der Waals surface area contributed by atoms with E-state index in [2.05, 4.69) is 18.7 Å². The predicted octanol–water partition coefficient (Wildman–Crippen LogP) is 5.90. The van der Waals surface area contributed by atoms with Crippen molar-refractivity contribution < 1.29 is 9.18 Å². The number of allylic oxidation sites excluding steroid dienone is 6. The van der Waals surface area contributed by atoms with Crippen molar-refractivity contribution in [3.8, 4) is 0 Å². The molecule has 0 saturated heterocycles. The Morgan fingerprint density at radius 1 is 1.28 bits per heavy atom. The van der Waals surface area contributed by atoms with Gasteiger partial charge in [0.25, 0.3) is 0 Å². The molecule has 0 N–H and O–H groups in total. The Bertz CT molecular complexity index is 747. The Labute approximate surface area is 154 Å². The number of fused-ring (bicyclic) bond motifs is 1. The molecule has 25 heavy (non-hydrogen) atoms. The maximum absolute atomic E-state index is 14.5. The molecule has 0 radical (unpaired) electrons. The Balaban J connectivity index is 2.40. The highest BCUT2D eigenvalue weighted by Crippen LogP contribution is 2.38. The van der Waals surface area contributed by atoms with E-state index in [1.165, 1.54) is 17.7 Å². The van der Waals surface area contributed by atoms with Gasteiger partial charge in [-0.1, -0.05) is 17.7 Å². The van der Waals surface area contributed by atoms with Crippen LogP contribution in [0, 0.1) is 0 Å². The zero-order chi connectivity index (χ0) is 18.6. The third-order valence-electron chi connectivity index (χ3n) is 4.51. The molecule has 1 aliphatic heterocycles. The Hall–Kier alpha value is -1.87. The maximum atomic E-state index is 14.5. The van der Waals surface area contributed by atoms with Crippen molar-refractivity contribution in [3.05, 3.63) is 57.9 Å². The number of rotatable bonds is 5. The molecule has 134 valence electrons. The van der Waals surface area contributed by atoms with Crippen LogP contribution < -0.4 is 4.90 Å². The molecular weight excluding hydrogens is 337 g/mol. The molecule has 2 nitrogen and oxygen atoms in total. The number of hydrogen-bond donors (Lipinski definition) is 0. The predicted molar refractivity (Wildman–Crippen MR) is 105 cm³/mol. The van der Waals surface area contributed by atoms with Gasteiger partial charge in [0, 0.05) is 12.6 Å². The minimum absolute atomic E-state index is 0.328. The SMILES string of the molecule is CC(/C=C/C(F)=C(/C)c1cc(Cl)c2c(c1)CCCN2C(C)C)=C\C=O. The summed E-state index contributed by atoms with van der Waals surface area (Å²) in [7, 11) is 0. The normalized spacial score (nSPS) is 16.3. The Morgan fingerprint density at radius 3 is 2.64 bits per heavy atom. The Kier molecular flexibility index (Phi) is 6.60. The van der Waals surface area contributed by atoms with Gasteiger partial charge in [-0.05, 0) is 87.1 Å². The lowest BCUT2D eigenvalue weighted by atomic mass is 9.95. The first-order valence-corrected chi connectivity index (χ1v) is 8.99. The fourth-order valence-corrected chi connectivity index (χ4v) is 3.43. The van der Waals surface area contributed by atoms with Crippen molar-refractivity contribution in [3.63, 3.8) is 0 Å². The van der Waals surface area contributed by atoms with Gasteiger partial charge in [0.05, 0.1) is 10.7 Å². The number of aldehydes is 1. The van der Waals surface area contributed by atoms with E-state index in [4.69, 9.17) is 11.6 Å². The highest BCUT2D eigenvalue weighted by molar-refractivity contribution is 6.33. The fourth-order valence-electron chi connectivity index (χ4n) is 3.08. The lowest BCUT2D eigenvalue weighted by Gasteiger charge is -2.35. The summed E-state index contributed by atoms with van der Waals surface area (Å²) < 4.78 is 14.5. The van der Waals surface area contributed by atoms with Crippen LogP contribution in [-0.2, 0) is 11.2 Å². The minimum atomic E-state index is -0.328. The smallest absolute Gasteiger partial charge is 0.143 e. The molecule has 1 aromatic carbocycles. The molecule has 2 rings (SSSR count). The summed E-state index contributed by atoms with van der Waals surface area (Å²) in [6.07, 6.45) is 7.10. The summed E-state index contributed by atoms with van der Waals surface area (Å²) in [5, 5.41) is 0.675. The van der Waals surface area contributed by atoms with Gasteiger partial charge in [-0.3, -0.25) is 4.79 Å². The molecule has 0 amide bonds. The number of nitrogens with zero attached hydrogens (tertiary/aromatic N) is 1. The van der Waals surface area contributed by atoms with E-state index in [0.717, 1.165) is 30.6 Å². The second kappa shape index (κ2) is 8.48. The van der Waals surface area contributed by atoms with Gasteiger partial charge in [-0.25, -0.2) is 4.39 Å². The number of aryl methyl sites for hydroxylation is 1. The molecule has 0 bridgehead atoms. The molecule has 0 atom stereocenters. The lowest BCUT2D eigenvalue weighted by Crippen LogP contribution is -2.35. The number of hydrogen-bond acceptors (Lipinski definition) is 2. The van der Waals surface area contributed by atoms with Crippen molar-refractivity contribution in [2.24, 2.45) is 0 Å². The minimum Gasteiger partial charge on any atom is -0.368 e. The van der Waals surface area contributed by atoms with Crippen LogP contribution in [0.5, 0.6) is 0 Å². The summed E-state index contributed by atoms with van der Waals surface area (Å²) in [5.74, 6) is -0.328. The van der Waals surface area contributed by atoms with E-state index >= 15 is 0 Å². The van der Waals surface area contributed by atoms with Crippen LogP contribution in [0.2, 0.25) is 5.02 Å². The van der Waals surface area contributed by atoms with Gasteiger partial charge in [-0.2, -0.15) is 0 Å². The van der Waals surface area contributed by atoms with E-state index in [-0.39, 0.29) is 5.83 Å². The molecular formula is C21H25ClFNO. The second-order valence-corrected chi connectivity index (χ2v) is 7.12. The van der Waals surface area contributed by atoms with E-state index in [1.807, 2.05) is 12.1 Å². The summed E-state index contributed by atoms with van der Waals surface area (Å²) >= 11 is 6.55. The molecule has 1 aromatic rings. The topological polar surface area (TPSA) is 20.3 Å².